The third-order valence-electron chi connectivity index (χ3n) is 2.94. The molecule has 0 aromatic heterocycles. The second-order valence-corrected chi connectivity index (χ2v) is 4.31. The molecule has 0 spiro atoms. The van der Waals surface area contributed by atoms with Gasteiger partial charge in [-0.05, 0) is 31.6 Å². The Morgan fingerprint density at radius 2 is 1.82 bits per heavy atom. The summed E-state index contributed by atoms with van der Waals surface area (Å²) < 4.78 is 48.8. The zero-order valence-electron chi connectivity index (χ0n) is 9.13. The predicted octanol–water partition coefficient (Wildman–Crippen LogP) is 1.55. The maximum Gasteiger partial charge on any atom is 0.383 e. The van der Waals surface area contributed by atoms with Crippen LogP contribution in [-0.4, -0.2) is 36.0 Å². The van der Waals surface area contributed by atoms with Crippen LogP contribution in [0.4, 0.5) is 17.6 Å². The summed E-state index contributed by atoms with van der Waals surface area (Å²) in [5.74, 6) is -6.59. The summed E-state index contributed by atoms with van der Waals surface area (Å²) in [4.78, 5) is 10.8. The van der Waals surface area contributed by atoms with Gasteiger partial charge in [-0.25, -0.2) is 8.78 Å². The molecule has 100 valence electrons. The SMILES string of the molecule is O=C(NCC1CCC(O)CC1)C(F)(F)C(F)F. The number of rotatable bonds is 4. The Morgan fingerprint density at radius 1 is 1.29 bits per heavy atom. The van der Waals surface area contributed by atoms with Gasteiger partial charge in [0, 0.05) is 6.54 Å². The van der Waals surface area contributed by atoms with Crippen molar-refractivity contribution >= 4 is 5.91 Å². The maximum absolute atomic E-state index is 12.6. The van der Waals surface area contributed by atoms with E-state index in [-0.39, 0.29) is 18.6 Å². The number of aliphatic hydroxyl groups is 1. The molecule has 0 heterocycles. The summed E-state index contributed by atoms with van der Waals surface area (Å²) in [5, 5.41) is 11.0. The topological polar surface area (TPSA) is 49.3 Å². The molecule has 1 rings (SSSR count). The van der Waals surface area contributed by atoms with Gasteiger partial charge in [0.15, 0.2) is 0 Å². The van der Waals surface area contributed by atoms with E-state index >= 15 is 0 Å². The molecular weight excluding hydrogens is 242 g/mol. The van der Waals surface area contributed by atoms with Crippen LogP contribution in [0.3, 0.4) is 0 Å². The molecule has 1 aliphatic rings. The van der Waals surface area contributed by atoms with Crippen molar-refractivity contribution in [2.24, 2.45) is 5.92 Å². The molecule has 0 aromatic rings. The number of carbonyl (C=O) groups excluding carboxylic acids is 1. The first-order chi connectivity index (χ1) is 7.84. The number of hydrogen-bond donors (Lipinski definition) is 2. The van der Waals surface area contributed by atoms with Crippen LogP contribution in [-0.2, 0) is 4.79 Å². The summed E-state index contributed by atoms with van der Waals surface area (Å²) in [5.41, 5.74) is 0. The van der Waals surface area contributed by atoms with Gasteiger partial charge in [-0.2, -0.15) is 8.78 Å². The normalized spacial score (nSPS) is 26.0. The van der Waals surface area contributed by atoms with Gasteiger partial charge in [-0.3, -0.25) is 4.79 Å². The van der Waals surface area contributed by atoms with Gasteiger partial charge in [0.2, 0.25) is 0 Å². The lowest BCUT2D eigenvalue weighted by molar-refractivity contribution is -0.169. The molecule has 0 aliphatic heterocycles. The molecule has 0 bridgehead atoms. The van der Waals surface area contributed by atoms with Gasteiger partial charge >= 0.3 is 12.3 Å². The molecular formula is C10H15F4NO2. The number of aliphatic hydroxyl groups excluding tert-OH is 1. The highest BCUT2D eigenvalue weighted by atomic mass is 19.3. The van der Waals surface area contributed by atoms with Crippen molar-refractivity contribution in [1.82, 2.24) is 5.32 Å². The van der Waals surface area contributed by atoms with Crippen molar-refractivity contribution in [3.05, 3.63) is 0 Å². The summed E-state index contributed by atoms with van der Waals surface area (Å²) in [6.07, 6.45) is -2.08. The Labute approximate surface area is 96.2 Å². The fraction of sp³-hybridized carbons (Fsp3) is 0.900. The Hall–Kier alpha value is -0.850. The van der Waals surface area contributed by atoms with E-state index in [1.54, 1.807) is 0 Å². The van der Waals surface area contributed by atoms with E-state index < -0.39 is 18.3 Å². The first kappa shape index (κ1) is 14.2. The number of nitrogens with one attached hydrogen (secondary N) is 1. The largest absolute Gasteiger partial charge is 0.393 e. The van der Waals surface area contributed by atoms with Crippen molar-refractivity contribution in [1.29, 1.82) is 0 Å². The van der Waals surface area contributed by atoms with E-state index in [2.05, 4.69) is 0 Å². The Morgan fingerprint density at radius 3 is 2.29 bits per heavy atom. The monoisotopic (exact) mass is 257 g/mol. The molecule has 7 heteroatoms. The van der Waals surface area contributed by atoms with Crippen LogP contribution in [0, 0.1) is 5.92 Å². The van der Waals surface area contributed by atoms with Crippen LogP contribution in [0.2, 0.25) is 0 Å². The van der Waals surface area contributed by atoms with Crippen molar-refractivity contribution in [3.63, 3.8) is 0 Å². The lowest BCUT2D eigenvalue weighted by Gasteiger charge is -2.26. The minimum atomic E-state index is -4.63. The highest BCUT2D eigenvalue weighted by molar-refractivity contribution is 5.83. The molecule has 1 fully saturated rings. The Kier molecular flexibility index (Phi) is 4.73. The van der Waals surface area contributed by atoms with Crippen LogP contribution in [0.1, 0.15) is 25.7 Å². The highest BCUT2D eigenvalue weighted by Gasteiger charge is 2.48. The fourth-order valence-electron chi connectivity index (χ4n) is 1.80. The average Bonchev–Trinajstić information content (AvgIpc) is 2.27. The van der Waals surface area contributed by atoms with Gasteiger partial charge in [0.05, 0.1) is 6.10 Å². The fourth-order valence-corrected chi connectivity index (χ4v) is 1.80. The molecule has 1 saturated carbocycles. The molecule has 17 heavy (non-hydrogen) atoms. The first-order valence-corrected chi connectivity index (χ1v) is 5.46. The molecule has 0 unspecified atom stereocenters. The van der Waals surface area contributed by atoms with E-state index in [1.807, 2.05) is 5.32 Å². The lowest BCUT2D eigenvalue weighted by Crippen LogP contribution is -2.46. The number of amides is 1. The molecule has 0 atom stereocenters. The van der Waals surface area contributed by atoms with Gasteiger partial charge in [-0.15, -0.1) is 0 Å². The van der Waals surface area contributed by atoms with E-state index in [0.717, 1.165) is 0 Å². The third kappa shape index (κ3) is 3.83. The molecule has 0 aromatic carbocycles. The number of hydrogen-bond acceptors (Lipinski definition) is 2. The number of carbonyl (C=O) groups is 1. The van der Waals surface area contributed by atoms with Crippen LogP contribution in [0.15, 0.2) is 0 Å². The van der Waals surface area contributed by atoms with E-state index in [0.29, 0.717) is 25.7 Å². The second-order valence-electron chi connectivity index (χ2n) is 4.31. The molecule has 0 radical (unpaired) electrons. The summed E-state index contributed by atoms with van der Waals surface area (Å²) in [6.45, 7) is -0.0478. The minimum Gasteiger partial charge on any atom is -0.393 e. The zero-order valence-corrected chi connectivity index (χ0v) is 9.13. The maximum atomic E-state index is 12.6. The van der Waals surface area contributed by atoms with Crippen molar-refractivity contribution in [2.45, 2.75) is 44.1 Å². The van der Waals surface area contributed by atoms with Crippen LogP contribution >= 0.6 is 0 Å². The van der Waals surface area contributed by atoms with E-state index in [1.165, 1.54) is 0 Å². The molecule has 1 aliphatic carbocycles. The van der Waals surface area contributed by atoms with Crippen molar-refractivity contribution in [2.75, 3.05) is 6.54 Å². The van der Waals surface area contributed by atoms with Crippen molar-refractivity contribution in [3.8, 4) is 0 Å². The van der Waals surface area contributed by atoms with E-state index in [9.17, 15) is 27.5 Å². The van der Waals surface area contributed by atoms with E-state index in [4.69, 9.17) is 0 Å². The van der Waals surface area contributed by atoms with Gasteiger partial charge in [-0.1, -0.05) is 0 Å². The number of alkyl halides is 4. The number of halogens is 4. The Bertz CT molecular complexity index is 265. The quantitative estimate of drug-likeness (QED) is 0.751. The summed E-state index contributed by atoms with van der Waals surface area (Å²) >= 11 is 0. The van der Waals surface area contributed by atoms with Crippen LogP contribution < -0.4 is 5.32 Å². The second kappa shape index (κ2) is 5.66. The minimum absolute atomic E-state index is 0.0316. The predicted molar refractivity (Wildman–Crippen MR) is 51.9 cm³/mol. The standard InChI is InChI=1S/C10H15F4NO2/c11-8(12)10(13,14)9(17)15-5-6-1-3-7(16)4-2-6/h6-8,16H,1-5H2,(H,15,17). The highest BCUT2D eigenvalue weighted by Crippen LogP contribution is 2.25. The average molecular weight is 257 g/mol. The van der Waals surface area contributed by atoms with Gasteiger partial charge < -0.3 is 10.4 Å². The molecule has 0 saturated heterocycles. The first-order valence-electron chi connectivity index (χ1n) is 5.46. The Balaban J connectivity index is 2.33. The van der Waals surface area contributed by atoms with Crippen LogP contribution in [0.25, 0.3) is 0 Å². The summed E-state index contributed by atoms with van der Waals surface area (Å²) in [6, 6.07) is 0. The third-order valence-corrected chi connectivity index (χ3v) is 2.94. The van der Waals surface area contributed by atoms with Crippen LogP contribution in [0.5, 0.6) is 0 Å². The smallest absolute Gasteiger partial charge is 0.383 e. The molecule has 1 amide bonds. The van der Waals surface area contributed by atoms with Gasteiger partial charge in [0.1, 0.15) is 0 Å². The zero-order chi connectivity index (χ0) is 13.1. The lowest BCUT2D eigenvalue weighted by atomic mass is 9.87. The summed E-state index contributed by atoms with van der Waals surface area (Å²) in [7, 11) is 0. The molecule has 2 N–H and O–H groups in total. The molecule has 3 nitrogen and oxygen atoms in total. The van der Waals surface area contributed by atoms with Crippen molar-refractivity contribution < 1.29 is 27.5 Å². The van der Waals surface area contributed by atoms with Gasteiger partial charge in [0.25, 0.3) is 5.91 Å².